The molecule has 6 heteroatoms. The predicted octanol–water partition coefficient (Wildman–Crippen LogP) is 2.95. The zero-order valence-corrected chi connectivity index (χ0v) is 17.5. The predicted molar refractivity (Wildman–Crippen MR) is 111 cm³/mol. The van der Waals surface area contributed by atoms with Crippen LogP contribution in [0.25, 0.3) is 0 Å². The lowest BCUT2D eigenvalue weighted by Gasteiger charge is -2.38. The van der Waals surface area contributed by atoms with E-state index >= 15 is 0 Å². The van der Waals surface area contributed by atoms with Crippen LogP contribution < -0.4 is 9.47 Å². The van der Waals surface area contributed by atoms with Crippen LogP contribution in [0.5, 0.6) is 11.5 Å². The molecule has 0 unspecified atom stereocenters. The van der Waals surface area contributed by atoms with E-state index in [1.807, 2.05) is 50.2 Å². The van der Waals surface area contributed by atoms with Gasteiger partial charge < -0.3 is 19.3 Å². The van der Waals surface area contributed by atoms with Gasteiger partial charge in [0.25, 0.3) is 0 Å². The number of ether oxygens (including phenoxy) is 2. The number of hydrogen-bond acceptors (Lipinski definition) is 4. The van der Waals surface area contributed by atoms with Crippen molar-refractivity contribution in [2.45, 2.75) is 33.4 Å². The molecule has 3 rings (SSSR count). The highest BCUT2D eigenvalue weighted by atomic mass is 16.5. The number of benzene rings is 2. The zero-order chi connectivity index (χ0) is 21.0. The van der Waals surface area contributed by atoms with Crippen LogP contribution >= 0.6 is 0 Å². The van der Waals surface area contributed by atoms with Crippen LogP contribution in [0.3, 0.4) is 0 Å². The fraction of sp³-hybridized carbons (Fsp3) is 0.391. The minimum absolute atomic E-state index is 0.0491. The molecule has 154 valence electrons. The Morgan fingerprint density at radius 1 is 1.07 bits per heavy atom. The van der Waals surface area contributed by atoms with Gasteiger partial charge in [-0.3, -0.25) is 9.59 Å². The number of aryl methyl sites for hydroxylation is 2. The summed E-state index contributed by atoms with van der Waals surface area (Å²) in [5.74, 6) is 1.46. The highest BCUT2D eigenvalue weighted by Crippen LogP contribution is 2.20. The quantitative estimate of drug-likeness (QED) is 0.722. The lowest BCUT2D eigenvalue weighted by Crippen LogP contribution is -2.59. The van der Waals surface area contributed by atoms with Crippen molar-refractivity contribution in [1.29, 1.82) is 0 Å². The number of methoxy groups -OCH3 is 1. The van der Waals surface area contributed by atoms with Crippen molar-refractivity contribution in [3.05, 3.63) is 59.2 Å². The van der Waals surface area contributed by atoms with Crippen LogP contribution in [-0.2, 0) is 16.1 Å². The maximum absolute atomic E-state index is 12.8. The molecule has 6 nitrogen and oxygen atoms in total. The SMILES string of the molecule is COc1ccc(CN2CC(=O)N(CCOc3ccc(C)cc3C)[C@@H](C)C2=O)cc1. The van der Waals surface area contributed by atoms with Gasteiger partial charge in [-0.25, -0.2) is 0 Å². The summed E-state index contributed by atoms with van der Waals surface area (Å²) in [7, 11) is 1.61. The van der Waals surface area contributed by atoms with Crippen LogP contribution in [0.1, 0.15) is 23.6 Å². The van der Waals surface area contributed by atoms with Crippen LogP contribution in [0, 0.1) is 13.8 Å². The van der Waals surface area contributed by atoms with Gasteiger partial charge in [0, 0.05) is 6.54 Å². The minimum Gasteiger partial charge on any atom is -0.497 e. The van der Waals surface area contributed by atoms with Crippen LogP contribution in [0.2, 0.25) is 0 Å². The Bertz CT molecular complexity index is 879. The normalized spacial score (nSPS) is 16.9. The second-order valence-electron chi connectivity index (χ2n) is 7.42. The highest BCUT2D eigenvalue weighted by Gasteiger charge is 2.36. The molecule has 1 fully saturated rings. The molecule has 0 aromatic heterocycles. The van der Waals surface area contributed by atoms with E-state index in [4.69, 9.17) is 9.47 Å². The molecule has 1 heterocycles. The van der Waals surface area contributed by atoms with Gasteiger partial charge in [-0.2, -0.15) is 0 Å². The van der Waals surface area contributed by atoms with E-state index < -0.39 is 6.04 Å². The summed E-state index contributed by atoms with van der Waals surface area (Å²) in [6, 6.07) is 13.0. The number of piperazine rings is 1. The second-order valence-corrected chi connectivity index (χ2v) is 7.42. The van der Waals surface area contributed by atoms with E-state index in [0.29, 0.717) is 19.7 Å². The average Bonchev–Trinajstić information content (AvgIpc) is 2.70. The van der Waals surface area contributed by atoms with Crippen LogP contribution in [0.15, 0.2) is 42.5 Å². The largest absolute Gasteiger partial charge is 0.497 e. The molecule has 1 aliphatic heterocycles. The van der Waals surface area contributed by atoms with Crippen molar-refractivity contribution >= 4 is 11.8 Å². The maximum Gasteiger partial charge on any atom is 0.245 e. The van der Waals surface area contributed by atoms with E-state index in [1.54, 1.807) is 23.8 Å². The van der Waals surface area contributed by atoms with Crippen LogP contribution in [-0.4, -0.2) is 54.5 Å². The van der Waals surface area contributed by atoms with E-state index in [0.717, 1.165) is 22.6 Å². The smallest absolute Gasteiger partial charge is 0.245 e. The number of rotatable bonds is 7. The lowest BCUT2D eigenvalue weighted by atomic mass is 10.1. The van der Waals surface area contributed by atoms with E-state index in [1.165, 1.54) is 5.56 Å². The maximum atomic E-state index is 12.8. The molecule has 2 aromatic carbocycles. The van der Waals surface area contributed by atoms with E-state index in [9.17, 15) is 9.59 Å². The van der Waals surface area contributed by atoms with Crippen molar-refractivity contribution in [1.82, 2.24) is 9.80 Å². The van der Waals surface area contributed by atoms with Gasteiger partial charge in [-0.05, 0) is 50.1 Å². The second kappa shape index (κ2) is 8.99. The third-order valence-electron chi connectivity index (χ3n) is 5.24. The number of hydrogen-bond donors (Lipinski definition) is 0. The molecule has 0 bridgehead atoms. The van der Waals surface area contributed by atoms with Gasteiger partial charge in [0.1, 0.15) is 30.7 Å². The molecule has 2 amide bonds. The summed E-state index contributed by atoms with van der Waals surface area (Å²) >= 11 is 0. The first-order chi connectivity index (χ1) is 13.9. The number of nitrogens with zero attached hydrogens (tertiary/aromatic N) is 2. The Labute approximate surface area is 172 Å². The van der Waals surface area contributed by atoms with Crippen molar-refractivity contribution in [2.24, 2.45) is 0 Å². The molecule has 2 aromatic rings. The Morgan fingerprint density at radius 2 is 1.79 bits per heavy atom. The first-order valence-corrected chi connectivity index (χ1v) is 9.80. The van der Waals surface area contributed by atoms with Crippen molar-refractivity contribution < 1.29 is 19.1 Å². The molecule has 0 saturated carbocycles. The Kier molecular flexibility index (Phi) is 6.42. The Hall–Kier alpha value is -3.02. The Morgan fingerprint density at radius 3 is 2.45 bits per heavy atom. The fourth-order valence-corrected chi connectivity index (χ4v) is 3.56. The molecule has 1 aliphatic rings. The summed E-state index contributed by atoms with van der Waals surface area (Å²) in [6.45, 7) is 7.04. The highest BCUT2D eigenvalue weighted by molar-refractivity contribution is 5.94. The van der Waals surface area contributed by atoms with Crippen molar-refractivity contribution in [3.63, 3.8) is 0 Å². The van der Waals surface area contributed by atoms with Crippen molar-refractivity contribution in [3.8, 4) is 11.5 Å². The van der Waals surface area contributed by atoms with Crippen LogP contribution in [0.4, 0.5) is 0 Å². The van der Waals surface area contributed by atoms with Gasteiger partial charge in [0.2, 0.25) is 11.8 Å². The minimum atomic E-state index is -0.503. The van der Waals surface area contributed by atoms with Gasteiger partial charge in [0.05, 0.1) is 13.7 Å². The average molecular weight is 396 g/mol. The zero-order valence-electron chi connectivity index (χ0n) is 17.5. The first-order valence-electron chi connectivity index (χ1n) is 9.80. The third kappa shape index (κ3) is 4.88. The number of carbonyl (C=O) groups excluding carboxylic acids is 2. The fourth-order valence-electron chi connectivity index (χ4n) is 3.56. The number of amides is 2. The summed E-state index contributed by atoms with van der Waals surface area (Å²) in [4.78, 5) is 28.7. The third-order valence-corrected chi connectivity index (χ3v) is 5.24. The molecule has 0 aliphatic carbocycles. The molecular weight excluding hydrogens is 368 g/mol. The van der Waals surface area contributed by atoms with E-state index in [-0.39, 0.29) is 18.4 Å². The summed E-state index contributed by atoms with van der Waals surface area (Å²) in [5, 5.41) is 0. The molecule has 0 spiro atoms. The molecular formula is C23H28N2O4. The monoisotopic (exact) mass is 396 g/mol. The molecule has 0 N–H and O–H groups in total. The van der Waals surface area contributed by atoms with E-state index in [2.05, 4.69) is 6.07 Å². The number of carbonyl (C=O) groups is 2. The summed E-state index contributed by atoms with van der Waals surface area (Å²) in [5.41, 5.74) is 3.20. The van der Waals surface area contributed by atoms with Crippen molar-refractivity contribution in [2.75, 3.05) is 26.8 Å². The molecule has 29 heavy (non-hydrogen) atoms. The van der Waals surface area contributed by atoms with Gasteiger partial charge in [0.15, 0.2) is 0 Å². The van der Waals surface area contributed by atoms with Gasteiger partial charge >= 0.3 is 0 Å². The molecule has 0 radical (unpaired) electrons. The Balaban J connectivity index is 1.57. The molecule has 1 atom stereocenters. The summed E-state index contributed by atoms with van der Waals surface area (Å²) < 4.78 is 11.0. The summed E-state index contributed by atoms with van der Waals surface area (Å²) in [6.07, 6.45) is 0. The standard InChI is InChI=1S/C23H28N2O4/c1-16-5-10-21(17(2)13-16)29-12-11-25-18(3)23(27)24(15-22(25)26)14-19-6-8-20(28-4)9-7-19/h5-10,13,18H,11-12,14-15H2,1-4H3/t18-/m0/s1. The van der Waals surface area contributed by atoms with Gasteiger partial charge in [-0.15, -0.1) is 0 Å². The van der Waals surface area contributed by atoms with Gasteiger partial charge in [-0.1, -0.05) is 29.8 Å². The molecule has 1 saturated heterocycles. The topological polar surface area (TPSA) is 59.1 Å². The first kappa shape index (κ1) is 20.7. The lowest BCUT2D eigenvalue weighted by molar-refractivity contribution is -0.155.